The van der Waals surface area contributed by atoms with Gasteiger partial charge >= 0.3 is 0 Å². The Morgan fingerprint density at radius 1 is 1.22 bits per heavy atom. The Labute approximate surface area is 108 Å². The third-order valence-electron chi connectivity index (χ3n) is 4.41. The van der Waals surface area contributed by atoms with E-state index in [9.17, 15) is 8.78 Å². The molecule has 1 nitrogen and oxygen atoms in total. The van der Waals surface area contributed by atoms with E-state index in [0.717, 1.165) is 12.8 Å². The highest BCUT2D eigenvalue weighted by Crippen LogP contribution is 2.41. The highest BCUT2D eigenvalue weighted by atomic mass is 19.1. The molecular weight excluding hydrogens is 232 g/mol. The molecule has 0 aromatic heterocycles. The van der Waals surface area contributed by atoms with Crippen molar-refractivity contribution in [2.24, 2.45) is 5.41 Å². The summed E-state index contributed by atoms with van der Waals surface area (Å²) in [6.07, 6.45) is 5.12. The molecule has 1 aromatic carbocycles. The lowest BCUT2D eigenvalue weighted by atomic mass is 9.78. The average Bonchev–Trinajstić information content (AvgIpc) is 2.77. The van der Waals surface area contributed by atoms with Crippen LogP contribution in [0, 0.1) is 17.0 Å². The molecule has 0 heterocycles. The van der Waals surface area contributed by atoms with Gasteiger partial charge in [0.15, 0.2) is 0 Å². The summed E-state index contributed by atoms with van der Waals surface area (Å²) < 4.78 is 27.4. The predicted molar refractivity (Wildman–Crippen MR) is 69.5 cm³/mol. The molecule has 0 spiro atoms. The Bertz CT molecular complexity index is 391. The van der Waals surface area contributed by atoms with Gasteiger partial charge in [0.1, 0.15) is 11.6 Å². The maximum Gasteiger partial charge on any atom is 0.129 e. The highest BCUT2D eigenvalue weighted by molar-refractivity contribution is 5.21. The zero-order valence-electron chi connectivity index (χ0n) is 11.1. The normalized spacial score (nSPS) is 20.0. The van der Waals surface area contributed by atoms with E-state index in [1.54, 1.807) is 0 Å². The number of hydrogen-bond acceptors (Lipinski definition) is 1. The van der Waals surface area contributed by atoms with E-state index in [-0.39, 0.29) is 17.0 Å². The molecule has 1 aromatic rings. The van der Waals surface area contributed by atoms with Crippen LogP contribution in [0.5, 0.6) is 0 Å². The van der Waals surface area contributed by atoms with Crippen molar-refractivity contribution in [1.29, 1.82) is 0 Å². The van der Waals surface area contributed by atoms with Gasteiger partial charge in [0.05, 0.1) is 0 Å². The standard InChI is InChI=1S/C15H21F2N/c1-15(8-3-4-9-15)14(18-2)10-11-12(16)6-5-7-13(11)17/h5-7,14,18H,3-4,8-10H2,1-2H3. The molecule has 18 heavy (non-hydrogen) atoms. The van der Waals surface area contributed by atoms with Crippen LogP contribution in [-0.2, 0) is 6.42 Å². The summed E-state index contributed by atoms with van der Waals surface area (Å²) in [5.41, 5.74) is 0.369. The van der Waals surface area contributed by atoms with Crippen LogP contribution < -0.4 is 5.32 Å². The second-order valence-electron chi connectivity index (χ2n) is 5.61. The molecule has 1 fully saturated rings. The lowest BCUT2D eigenvalue weighted by Gasteiger charge is -2.34. The first kappa shape index (κ1) is 13.5. The summed E-state index contributed by atoms with van der Waals surface area (Å²) in [4.78, 5) is 0. The van der Waals surface area contributed by atoms with Crippen molar-refractivity contribution in [3.05, 3.63) is 35.4 Å². The van der Waals surface area contributed by atoms with Gasteiger partial charge in [-0.15, -0.1) is 0 Å². The molecule has 0 aliphatic heterocycles. The summed E-state index contributed by atoms with van der Waals surface area (Å²) in [5, 5.41) is 3.25. The number of likely N-dealkylation sites (N-methyl/N-ethyl adjacent to an activating group) is 1. The molecule has 1 saturated carbocycles. The molecular formula is C15H21F2N. The first-order valence-electron chi connectivity index (χ1n) is 6.67. The quantitative estimate of drug-likeness (QED) is 0.863. The zero-order chi connectivity index (χ0) is 13.2. The van der Waals surface area contributed by atoms with Crippen molar-refractivity contribution in [1.82, 2.24) is 5.32 Å². The van der Waals surface area contributed by atoms with E-state index in [1.165, 1.54) is 31.0 Å². The predicted octanol–water partition coefficient (Wildman–Crippen LogP) is 3.68. The second kappa shape index (κ2) is 5.35. The molecule has 1 N–H and O–H groups in total. The molecule has 0 saturated heterocycles. The Morgan fingerprint density at radius 3 is 2.28 bits per heavy atom. The van der Waals surface area contributed by atoms with Crippen LogP contribution in [-0.4, -0.2) is 13.1 Å². The summed E-state index contributed by atoms with van der Waals surface area (Å²) in [6.45, 7) is 2.22. The summed E-state index contributed by atoms with van der Waals surface area (Å²) in [7, 11) is 1.88. The molecule has 1 atom stereocenters. The number of hydrogen-bond donors (Lipinski definition) is 1. The van der Waals surface area contributed by atoms with E-state index < -0.39 is 11.6 Å². The molecule has 1 unspecified atom stereocenters. The lowest BCUT2D eigenvalue weighted by Crippen LogP contribution is -2.42. The van der Waals surface area contributed by atoms with Gasteiger partial charge in [-0.05, 0) is 43.9 Å². The zero-order valence-corrected chi connectivity index (χ0v) is 11.1. The lowest BCUT2D eigenvalue weighted by molar-refractivity contribution is 0.226. The van der Waals surface area contributed by atoms with Crippen LogP contribution in [0.4, 0.5) is 8.78 Å². The largest absolute Gasteiger partial charge is 0.316 e. The first-order valence-corrected chi connectivity index (χ1v) is 6.67. The Morgan fingerprint density at radius 2 is 1.78 bits per heavy atom. The van der Waals surface area contributed by atoms with Gasteiger partial charge in [0, 0.05) is 11.6 Å². The summed E-state index contributed by atoms with van der Waals surface area (Å²) >= 11 is 0. The van der Waals surface area contributed by atoms with Gasteiger partial charge in [0.25, 0.3) is 0 Å². The smallest absolute Gasteiger partial charge is 0.129 e. The highest BCUT2D eigenvalue weighted by Gasteiger charge is 2.36. The summed E-state index contributed by atoms with van der Waals surface area (Å²) in [5.74, 6) is -0.867. The fourth-order valence-corrected chi connectivity index (χ4v) is 3.16. The third kappa shape index (κ3) is 2.56. The monoisotopic (exact) mass is 253 g/mol. The van der Waals surface area contributed by atoms with Crippen LogP contribution in [0.25, 0.3) is 0 Å². The first-order chi connectivity index (χ1) is 8.57. The van der Waals surface area contributed by atoms with Gasteiger partial charge < -0.3 is 5.32 Å². The number of rotatable bonds is 4. The number of benzene rings is 1. The van der Waals surface area contributed by atoms with Gasteiger partial charge in [-0.25, -0.2) is 8.78 Å². The van der Waals surface area contributed by atoms with E-state index in [1.807, 2.05) is 7.05 Å². The van der Waals surface area contributed by atoms with Gasteiger partial charge in [-0.1, -0.05) is 25.8 Å². The van der Waals surface area contributed by atoms with Crippen LogP contribution in [0.2, 0.25) is 0 Å². The van der Waals surface area contributed by atoms with Gasteiger partial charge in [-0.3, -0.25) is 0 Å². The number of nitrogens with one attached hydrogen (secondary N) is 1. The van der Waals surface area contributed by atoms with Crippen molar-refractivity contribution in [2.75, 3.05) is 7.05 Å². The fourth-order valence-electron chi connectivity index (χ4n) is 3.16. The molecule has 2 rings (SSSR count). The molecule has 100 valence electrons. The van der Waals surface area contributed by atoms with Crippen molar-refractivity contribution in [3.63, 3.8) is 0 Å². The van der Waals surface area contributed by atoms with Crippen LogP contribution in [0.1, 0.15) is 38.2 Å². The molecule has 0 amide bonds. The minimum Gasteiger partial charge on any atom is -0.316 e. The molecule has 0 bridgehead atoms. The minimum absolute atomic E-state index is 0.131. The topological polar surface area (TPSA) is 12.0 Å². The van der Waals surface area contributed by atoms with Crippen LogP contribution >= 0.6 is 0 Å². The maximum absolute atomic E-state index is 13.7. The van der Waals surface area contributed by atoms with Crippen LogP contribution in [0.15, 0.2) is 18.2 Å². The van der Waals surface area contributed by atoms with E-state index in [0.29, 0.717) is 6.42 Å². The van der Waals surface area contributed by atoms with Crippen LogP contribution in [0.3, 0.4) is 0 Å². The Hall–Kier alpha value is -0.960. The van der Waals surface area contributed by atoms with E-state index in [4.69, 9.17) is 0 Å². The SMILES string of the molecule is CNC(Cc1c(F)cccc1F)C1(C)CCCC1. The Kier molecular flexibility index (Phi) is 4.00. The number of halogens is 2. The average molecular weight is 253 g/mol. The van der Waals surface area contributed by atoms with Gasteiger partial charge in [0.2, 0.25) is 0 Å². The maximum atomic E-state index is 13.7. The molecule has 3 heteroatoms. The van der Waals surface area contributed by atoms with Gasteiger partial charge in [-0.2, -0.15) is 0 Å². The fraction of sp³-hybridized carbons (Fsp3) is 0.600. The molecule has 1 aliphatic carbocycles. The van der Waals surface area contributed by atoms with E-state index >= 15 is 0 Å². The van der Waals surface area contributed by atoms with Crippen molar-refractivity contribution in [2.45, 2.75) is 45.1 Å². The minimum atomic E-state index is -0.433. The molecule has 0 radical (unpaired) electrons. The third-order valence-corrected chi connectivity index (χ3v) is 4.41. The molecule has 1 aliphatic rings. The second-order valence-corrected chi connectivity index (χ2v) is 5.61. The Balaban J connectivity index is 2.20. The van der Waals surface area contributed by atoms with E-state index in [2.05, 4.69) is 12.2 Å². The summed E-state index contributed by atoms with van der Waals surface area (Å²) in [6, 6.07) is 4.22. The van der Waals surface area contributed by atoms with Crippen molar-refractivity contribution in [3.8, 4) is 0 Å². The van der Waals surface area contributed by atoms with Crippen molar-refractivity contribution < 1.29 is 8.78 Å². The van der Waals surface area contributed by atoms with Crippen molar-refractivity contribution >= 4 is 0 Å².